The summed E-state index contributed by atoms with van der Waals surface area (Å²) in [7, 11) is 2.95. The van der Waals surface area contributed by atoms with Gasteiger partial charge in [-0.1, -0.05) is 0 Å². The van der Waals surface area contributed by atoms with Crippen molar-refractivity contribution in [1.82, 2.24) is 5.32 Å². The number of aliphatic hydroxyl groups is 1. The van der Waals surface area contributed by atoms with Crippen LogP contribution < -0.4 is 20.1 Å². The highest BCUT2D eigenvalue weighted by Gasteiger charge is 2.18. The standard InChI is InChI=1S/C16H18N2O5S/c1-22-11-3-4-14(23-2)12(7-11)18-16(21)15(20)17-8-13(19)10-5-6-24-9-10/h3-7,9,13,19H,8H2,1-2H3,(H,17,20)(H,18,21). The Hall–Kier alpha value is -2.58. The maximum atomic E-state index is 12.0. The molecule has 1 atom stereocenters. The largest absolute Gasteiger partial charge is 0.497 e. The van der Waals surface area contributed by atoms with Gasteiger partial charge in [-0.2, -0.15) is 11.3 Å². The Morgan fingerprint density at radius 2 is 2.00 bits per heavy atom. The Bertz CT molecular complexity index is 702. The summed E-state index contributed by atoms with van der Waals surface area (Å²) in [6, 6.07) is 6.59. The van der Waals surface area contributed by atoms with Crippen molar-refractivity contribution in [3.8, 4) is 11.5 Å². The number of ether oxygens (including phenoxy) is 2. The maximum Gasteiger partial charge on any atom is 0.313 e. The molecule has 0 fully saturated rings. The zero-order chi connectivity index (χ0) is 17.5. The fourth-order valence-corrected chi connectivity index (χ4v) is 2.65. The van der Waals surface area contributed by atoms with E-state index in [1.54, 1.807) is 29.6 Å². The summed E-state index contributed by atoms with van der Waals surface area (Å²) in [4.78, 5) is 23.9. The quantitative estimate of drug-likeness (QED) is 0.687. The molecule has 2 amide bonds. The van der Waals surface area contributed by atoms with Crippen LogP contribution in [0.1, 0.15) is 11.7 Å². The van der Waals surface area contributed by atoms with E-state index in [2.05, 4.69) is 10.6 Å². The normalized spacial score (nSPS) is 11.5. The number of carbonyl (C=O) groups is 2. The first-order chi connectivity index (χ1) is 11.5. The van der Waals surface area contributed by atoms with Crippen LogP contribution in [0.15, 0.2) is 35.0 Å². The highest BCUT2D eigenvalue weighted by atomic mass is 32.1. The second-order valence-electron chi connectivity index (χ2n) is 4.80. The Morgan fingerprint density at radius 1 is 1.21 bits per heavy atom. The molecule has 1 aromatic carbocycles. The number of hydrogen-bond donors (Lipinski definition) is 3. The molecular weight excluding hydrogens is 332 g/mol. The first kappa shape index (κ1) is 17.8. The van der Waals surface area contributed by atoms with Crippen LogP contribution >= 0.6 is 11.3 Å². The van der Waals surface area contributed by atoms with Crippen LogP contribution in [0.2, 0.25) is 0 Å². The molecule has 1 heterocycles. The number of thiophene rings is 1. The minimum Gasteiger partial charge on any atom is -0.497 e. The molecule has 1 unspecified atom stereocenters. The molecule has 2 rings (SSSR count). The number of aliphatic hydroxyl groups excluding tert-OH is 1. The number of benzene rings is 1. The second-order valence-corrected chi connectivity index (χ2v) is 5.58. The smallest absolute Gasteiger partial charge is 0.313 e. The highest BCUT2D eigenvalue weighted by Crippen LogP contribution is 2.28. The van der Waals surface area contributed by atoms with Crippen LogP contribution in [-0.4, -0.2) is 37.7 Å². The van der Waals surface area contributed by atoms with E-state index in [0.29, 0.717) is 22.7 Å². The molecule has 128 valence electrons. The van der Waals surface area contributed by atoms with E-state index in [0.717, 1.165) is 0 Å². The van der Waals surface area contributed by atoms with Crippen molar-refractivity contribution in [3.05, 3.63) is 40.6 Å². The molecule has 7 nitrogen and oxygen atoms in total. The number of rotatable bonds is 6. The van der Waals surface area contributed by atoms with Crippen LogP contribution in [0.5, 0.6) is 11.5 Å². The number of hydrogen-bond acceptors (Lipinski definition) is 6. The van der Waals surface area contributed by atoms with E-state index in [4.69, 9.17) is 9.47 Å². The fourth-order valence-electron chi connectivity index (χ4n) is 1.94. The van der Waals surface area contributed by atoms with Gasteiger partial charge < -0.3 is 25.2 Å². The van der Waals surface area contributed by atoms with Crippen molar-refractivity contribution in [2.24, 2.45) is 0 Å². The lowest BCUT2D eigenvalue weighted by molar-refractivity contribution is -0.136. The topological polar surface area (TPSA) is 96.9 Å². The van der Waals surface area contributed by atoms with E-state index < -0.39 is 17.9 Å². The summed E-state index contributed by atoms with van der Waals surface area (Å²) in [5.74, 6) is -0.803. The van der Waals surface area contributed by atoms with E-state index in [-0.39, 0.29) is 6.54 Å². The van der Waals surface area contributed by atoms with Gasteiger partial charge in [-0.25, -0.2) is 0 Å². The first-order valence-electron chi connectivity index (χ1n) is 7.06. The summed E-state index contributed by atoms with van der Waals surface area (Å²) in [6.45, 7) is -0.0573. The molecule has 0 bridgehead atoms. The highest BCUT2D eigenvalue weighted by molar-refractivity contribution is 7.07. The second kappa shape index (κ2) is 8.32. The van der Waals surface area contributed by atoms with Crippen LogP contribution in [-0.2, 0) is 9.59 Å². The Labute approximate surface area is 143 Å². The van der Waals surface area contributed by atoms with E-state index >= 15 is 0 Å². The SMILES string of the molecule is COc1ccc(OC)c(NC(=O)C(=O)NCC(O)c2ccsc2)c1. The number of amides is 2. The average molecular weight is 350 g/mol. The van der Waals surface area contributed by atoms with Gasteiger partial charge in [-0.15, -0.1) is 0 Å². The molecular formula is C16H18N2O5S. The lowest BCUT2D eigenvalue weighted by atomic mass is 10.2. The summed E-state index contributed by atoms with van der Waals surface area (Å²) < 4.78 is 10.2. The molecule has 0 saturated heterocycles. The van der Waals surface area contributed by atoms with E-state index in [1.165, 1.54) is 25.6 Å². The minimum absolute atomic E-state index is 0.0573. The lowest BCUT2D eigenvalue weighted by Crippen LogP contribution is -2.37. The predicted molar refractivity (Wildman–Crippen MR) is 90.5 cm³/mol. The summed E-state index contributed by atoms with van der Waals surface area (Å²) in [6.07, 6.45) is -0.862. The monoisotopic (exact) mass is 350 g/mol. The molecule has 1 aromatic heterocycles. The fraction of sp³-hybridized carbons (Fsp3) is 0.250. The van der Waals surface area contributed by atoms with Gasteiger partial charge in [0, 0.05) is 12.6 Å². The first-order valence-corrected chi connectivity index (χ1v) is 8.00. The minimum atomic E-state index is -0.862. The molecule has 0 saturated carbocycles. The van der Waals surface area contributed by atoms with Crippen LogP contribution in [0.3, 0.4) is 0 Å². The van der Waals surface area contributed by atoms with Crippen molar-refractivity contribution in [1.29, 1.82) is 0 Å². The molecule has 8 heteroatoms. The molecule has 3 N–H and O–H groups in total. The number of methoxy groups -OCH3 is 2. The molecule has 24 heavy (non-hydrogen) atoms. The van der Waals surface area contributed by atoms with Gasteiger partial charge >= 0.3 is 11.8 Å². The van der Waals surface area contributed by atoms with Crippen molar-refractivity contribution >= 4 is 28.8 Å². The van der Waals surface area contributed by atoms with Crippen LogP contribution in [0, 0.1) is 0 Å². The van der Waals surface area contributed by atoms with Crippen molar-refractivity contribution < 1.29 is 24.2 Å². The molecule has 2 aromatic rings. The van der Waals surface area contributed by atoms with Gasteiger partial charge in [0.2, 0.25) is 0 Å². The summed E-state index contributed by atoms with van der Waals surface area (Å²) in [5.41, 5.74) is 1.01. The number of anilines is 1. The van der Waals surface area contributed by atoms with E-state index in [1.807, 2.05) is 5.38 Å². The zero-order valence-corrected chi connectivity index (χ0v) is 14.1. The third kappa shape index (κ3) is 4.46. The summed E-state index contributed by atoms with van der Waals surface area (Å²) in [5, 5.41) is 18.3. The third-order valence-corrected chi connectivity index (χ3v) is 3.95. The maximum absolute atomic E-state index is 12.0. The Morgan fingerprint density at radius 3 is 2.62 bits per heavy atom. The van der Waals surface area contributed by atoms with Gasteiger partial charge in [0.05, 0.1) is 26.0 Å². The lowest BCUT2D eigenvalue weighted by Gasteiger charge is -2.13. The average Bonchev–Trinajstić information content (AvgIpc) is 3.13. The van der Waals surface area contributed by atoms with Crippen molar-refractivity contribution in [3.63, 3.8) is 0 Å². The van der Waals surface area contributed by atoms with E-state index in [9.17, 15) is 14.7 Å². The third-order valence-electron chi connectivity index (χ3n) is 3.24. The van der Waals surface area contributed by atoms with Gasteiger partial charge in [-0.3, -0.25) is 9.59 Å². The van der Waals surface area contributed by atoms with Crippen LogP contribution in [0.4, 0.5) is 5.69 Å². The molecule has 0 radical (unpaired) electrons. The zero-order valence-electron chi connectivity index (χ0n) is 13.2. The molecule has 0 aliphatic rings. The Balaban J connectivity index is 1.95. The Kier molecular flexibility index (Phi) is 6.16. The number of nitrogens with one attached hydrogen (secondary N) is 2. The van der Waals surface area contributed by atoms with Crippen LogP contribution in [0.25, 0.3) is 0 Å². The van der Waals surface area contributed by atoms with Crippen molar-refractivity contribution in [2.45, 2.75) is 6.10 Å². The van der Waals surface area contributed by atoms with Gasteiger partial charge in [0.25, 0.3) is 0 Å². The van der Waals surface area contributed by atoms with Gasteiger partial charge in [0.15, 0.2) is 0 Å². The van der Waals surface area contributed by atoms with Gasteiger partial charge in [0.1, 0.15) is 11.5 Å². The van der Waals surface area contributed by atoms with Crippen molar-refractivity contribution in [2.75, 3.05) is 26.1 Å². The predicted octanol–water partition coefficient (Wildman–Crippen LogP) is 1.55. The molecule has 0 aliphatic carbocycles. The number of carbonyl (C=O) groups excluding carboxylic acids is 2. The summed E-state index contributed by atoms with van der Waals surface area (Å²) >= 11 is 1.44. The van der Waals surface area contributed by atoms with Gasteiger partial charge in [-0.05, 0) is 34.5 Å². The molecule has 0 aliphatic heterocycles. The molecule has 0 spiro atoms.